The van der Waals surface area contributed by atoms with E-state index in [0.717, 1.165) is 96.1 Å². The molecule has 0 spiro atoms. The molecular weight excluding hydrogens is 780 g/mol. The lowest BCUT2D eigenvalue weighted by Crippen LogP contribution is -2.44. The summed E-state index contributed by atoms with van der Waals surface area (Å²) in [6.45, 7) is 4.66. The third-order valence-corrected chi connectivity index (χ3v) is 13.4. The van der Waals surface area contributed by atoms with Crippen molar-refractivity contribution in [2.45, 2.75) is 88.6 Å². The molecule has 5 aromatic rings. The molecule has 3 amide bonds. The Kier molecular flexibility index (Phi) is 11.6. The predicted molar refractivity (Wildman–Crippen MR) is 227 cm³/mol. The number of anilines is 1. The zero-order chi connectivity index (χ0) is 42.0. The number of carbonyl (C=O) groups is 3. The van der Waals surface area contributed by atoms with E-state index in [1.165, 1.54) is 10.8 Å². The number of aromatic nitrogens is 4. The van der Waals surface area contributed by atoms with Gasteiger partial charge in [0.05, 0.1) is 11.7 Å². The van der Waals surface area contributed by atoms with Gasteiger partial charge in [-0.3, -0.25) is 29.1 Å². The summed E-state index contributed by atoms with van der Waals surface area (Å²) in [6, 6.07) is 15.8. The van der Waals surface area contributed by atoms with Crippen molar-refractivity contribution < 1.29 is 23.2 Å². The number of halogens is 1. The fourth-order valence-electron chi connectivity index (χ4n) is 9.88. The Morgan fingerprint density at radius 1 is 0.869 bits per heavy atom. The van der Waals surface area contributed by atoms with Gasteiger partial charge in [0.15, 0.2) is 11.4 Å². The first-order valence-electron chi connectivity index (χ1n) is 21.7. The molecule has 4 fully saturated rings. The van der Waals surface area contributed by atoms with Crippen LogP contribution in [0.4, 0.5) is 10.3 Å². The second-order valence-electron chi connectivity index (χ2n) is 17.2. The molecule has 0 bridgehead atoms. The average Bonchev–Trinajstić information content (AvgIpc) is 3.61. The molecule has 2 aromatic carbocycles. The Morgan fingerprint density at radius 3 is 2.43 bits per heavy atom. The fraction of sp³-hybridized carbons (Fsp3) is 0.457. The molecular formula is C46H51FN8O6. The Labute approximate surface area is 351 Å². The first-order chi connectivity index (χ1) is 29.7. The summed E-state index contributed by atoms with van der Waals surface area (Å²) in [5.41, 5.74) is 3.84. The van der Waals surface area contributed by atoms with Gasteiger partial charge in [-0.25, -0.2) is 19.2 Å². The van der Waals surface area contributed by atoms with Crippen molar-refractivity contribution in [3.63, 3.8) is 0 Å². The maximum absolute atomic E-state index is 15.0. The van der Waals surface area contributed by atoms with E-state index in [1.807, 2.05) is 24.3 Å². The Bertz CT molecular complexity index is 2540. The second kappa shape index (κ2) is 17.6. The van der Waals surface area contributed by atoms with E-state index >= 15 is 0 Å². The van der Waals surface area contributed by atoms with E-state index in [2.05, 4.69) is 35.4 Å². The second-order valence-corrected chi connectivity index (χ2v) is 17.2. The van der Waals surface area contributed by atoms with Crippen LogP contribution in [0.2, 0.25) is 0 Å². The van der Waals surface area contributed by atoms with Crippen molar-refractivity contribution in [1.29, 1.82) is 0 Å². The van der Waals surface area contributed by atoms with Gasteiger partial charge in [0.1, 0.15) is 11.7 Å². The van der Waals surface area contributed by atoms with Crippen molar-refractivity contribution in [2.75, 3.05) is 38.0 Å². The van der Waals surface area contributed by atoms with Crippen LogP contribution in [0.15, 0.2) is 81.0 Å². The fourth-order valence-corrected chi connectivity index (χ4v) is 9.88. The standard InChI is InChI=1S/C46H51FN8O6/c47-36-27-49-45(52-41(36)33-4-1-3-32(25-33)35-5-2-19-48-42(35)57)50-34-9-6-30(7-10-34)44(59)54-23-15-28(16-24-54)14-20-53-21-17-29(18-22-53)31-8-11-37-39(26-31)61-46(60)55(37)38-12-13-40(56)51-43(38)58/h1-5,8,11,19,25-30,34,38H,6-7,9-10,12-18,20-24H2,(H,48,57)(H,49,50,52)(H,51,56,58)/t30-,34-,38?. The zero-order valence-electron chi connectivity index (χ0n) is 34.1. The third-order valence-electron chi connectivity index (χ3n) is 13.4. The van der Waals surface area contributed by atoms with E-state index in [-0.39, 0.29) is 47.9 Å². The number of hydrogen-bond donors (Lipinski definition) is 3. The van der Waals surface area contributed by atoms with Crippen LogP contribution in [0, 0.1) is 17.7 Å². The molecule has 14 nitrogen and oxygen atoms in total. The van der Waals surface area contributed by atoms with Crippen molar-refractivity contribution in [2.24, 2.45) is 11.8 Å². The minimum Gasteiger partial charge on any atom is -0.408 e. The van der Waals surface area contributed by atoms with Crippen LogP contribution in [-0.2, 0) is 14.4 Å². The number of carbonyl (C=O) groups excluding carboxylic acids is 3. The molecule has 318 valence electrons. The Morgan fingerprint density at radius 2 is 1.66 bits per heavy atom. The van der Waals surface area contributed by atoms with Crippen LogP contribution in [0.5, 0.6) is 0 Å². The minimum absolute atomic E-state index is 0.00599. The lowest BCUT2D eigenvalue weighted by Gasteiger charge is -2.37. The third kappa shape index (κ3) is 8.79. The van der Waals surface area contributed by atoms with Gasteiger partial charge in [-0.2, -0.15) is 0 Å². The Hall–Kier alpha value is -5.96. The molecule has 3 N–H and O–H groups in total. The predicted octanol–water partition coefficient (Wildman–Crippen LogP) is 6.00. The van der Waals surface area contributed by atoms with Gasteiger partial charge in [0.25, 0.3) is 5.56 Å². The number of likely N-dealkylation sites (tertiary alicyclic amines) is 2. The van der Waals surface area contributed by atoms with E-state index in [0.29, 0.717) is 45.6 Å². The first kappa shape index (κ1) is 40.4. The largest absolute Gasteiger partial charge is 0.420 e. The highest BCUT2D eigenvalue weighted by atomic mass is 19.1. The van der Waals surface area contributed by atoms with Gasteiger partial charge in [0.2, 0.25) is 23.7 Å². The summed E-state index contributed by atoms with van der Waals surface area (Å²) in [5.74, 6) is -0.346. The highest BCUT2D eigenvalue weighted by Crippen LogP contribution is 2.34. The summed E-state index contributed by atoms with van der Waals surface area (Å²) in [7, 11) is 0. The molecule has 1 aliphatic carbocycles. The molecule has 6 heterocycles. The maximum Gasteiger partial charge on any atom is 0.420 e. The SMILES string of the molecule is O=C1CCC(n2c(=O)oc3cc(C4CCN(CCC5CCN(C(=O)[C@H]6CC[C@H](Nc7ncc(F)c(-c8cccc(-c9ccc[nH]c9=O)c8)n7)CC6)CC5)CC4)ccc32)C(=O)N1. The van der Waals surface area contributed by atoms with Crippen LogP contribution >= 0.6 is 0 Å². The average molecular weight is 831 g/mol. The molecule has 3 aromatic heterocycles. The van der Waals surface area contributed by atoms with Gasteiger partial charge >= 0.3 is 5.76 Å². The normalized spacial score (nSPS) is 22.0. The van der Waals surface area contributed by atoms with E-state index in [4.69, 9.17) is 4.42 Å². The molecule has 1 unspecified atom stereocenters. The van der Waals surface area contributed by atoms with E-state index < -0.39 is 23.5 Å². The number of fused-ring (bicyclic) bond motifs is 1. The number of piperidine rings is 3. The number of oxazole rings is 1. The summed E-state index contributed by atoms with van der Waals surface area (Å²) < 4.78 is 22.0. The number of pyridine rings is 1. The first-order valence-corrected chi connectivity index (χ1v) is 21.7. The molecule has 4 aliphatic rings. The number of H-pyrrole nitrogens is 1. The number of imide groups is 1. The molecule has 3 aliphatic heterocycles. The lowest BCUT2D eigenvalue weighted by atomic mass is 9.84. The van der Waals surface area contributed by atoms with Crippen molar-refractivity contribution >= 4 is 34.8 Å². The number of nitrogens with one attached hydrogen (secondary N) is 3. The molecule has 15 heteroatoms. The zero-order valence-corrected chi connectivity index (χ0v) is 34.1. The highest BCUT2D eigenvalue weighted by Gasteiger charge is 2.34. The van der Waals surface area contributed by atoms with Crippen LogP contribution in [0.3, 0.4) is 0 Å². The quantitative estimate of drug-likeness (QED) is 0.142. The van der Waals surface area contributed by atoms with Crippen LogP contribution in [-0.4, -0.2) is 85.8 Å². The van der Waals surface area contributed by atoms with E-state index in [1.54, 1.807) is 36.5 Å². The van der Waals surface area contributed by atoms with Crippen LogP contribution < -0.4 is 21.9 Å². The maximum atomic E-state index is 15.0. The van der Waals surface area contributed by atoms with Gasteiger partial charge in [-0.1, -0.05) is 24.3 Å². The summed E-state index contributed by atoms with van der Waals surface area (Å²) in [5, 5.41) is 5.71. The number of aromatic amines is 1. The van der Waals surface area contributed by atoms with Gasteiger partial charge in [0, 0.05) is 48.8 Å². The monoisotopic (exact) mass is 830 g/mol. The van der Waals surface area contributed by atoms with Gasteiger partial charge in [-0.05, 0) is 137 Å². The van der Waals surface area contributed by atoms with Crippen molar-refractivity contribution in [3.8, 4) is 22.4 Å². The molecule has 9 rings (SSSR count). The number of nitrogens with zero attached hydrogens (tertiary/aromatic N) is 5. The van der Waals surface area contributed by atoms with Crippen LogP contribution in [0.25, 0.3) is 33.5 Å². The minimum atomic E-state index is -0.751. The summed E-state index contributed by atoms with van der Waals surface area (Å²) >= 11 is 0. The van der Waals surface area contributed by atoms with Crippen LogP contribution in [0.1, 0.15) is 88.2 Å². The smallest absolute Gasteiger partial charge is 0.408 e. The molecule has 1 saturated carbocycles. The summed E-state index contributed by atoms with van der Waals surface area (Å²) in [6.07, 6.45) is 11.6. The van der Waals surface area contributed by atoms with Gasteiger partial charge < -0.3 is 24.5 Å². The molecule has 0 radical (unpaired) electrons. The van der Waals surface area contributed by atoms with Gasteiger partial charge in [-0.15, -0.1) is 0 Å². The number of amides is 3. The van der Waals surface area contributed by atoms with Crippen molar-refractivity contribution in [1.82, 2.24) is 34.6 Å². The molecule has 3 saturated heterocycles. The molecule has 1 atom stereocenters. The van der Waals surface area contributed by atoms with E-state index in [9.17, 15) is 28.4 Å². The lowest BCUT2D eigenvalue weighted by molar-refractivity contribution is -0.138. The number of benzene rings is 2. The number of hydrogen-bond acceptors (Lipinski definition) is 10. The summed E-state index contributed by atoms with van der Waals surface area (Å²) in [4.78, 5) is 78.8. The highest BCUT2D eigenvalue weighted by molar-refractivity contribution is 6.00. The topological polar surface area (TPSA) is 176 Å². The van der Waals surface area contributed by atoms with Crippen molar-refractivity contribution in [3.05, 3.63) is 99.3 Å². The number of rotatable bonds is 10. The Balaban J connectivity index is 0.703. The molecule has 61 heavy (non-hydrogen) atoms.